The number of amides is 1. The van der Waals surface area contributed by atoms with Crippen LogP contribution < -0.4 is 10.1 Å². The van der Waals surface area contributed by atoms with Crippen molar-refractivity contribution >= 4 is 34.8 Å². The number of ether oxygens (including phenoxy) is 1. The molecule has 0 radical (unpaired) electrons. The zero-order valence-corrected chi connectivity index (χ0v) is 17.2. The summed E-state index contributed by atoms with van der Waals surface area (Å²) in [6, 6.07) is 13.1. The van der Waals surface area contributed by atoms with E-state index >= 15 is 0 Å². The minimum Gasteiger partial charge on any atom is -0.489 e. The number of piperidine rings is 1. The fraction of sp³-hybridized carbons (Fsp3) is 0.318. The van der Waals surface area contributed by atoms with Gasteiger partial charge in [-0.15, -0.1) is 0 Å². The van der Waals surface area contributed by atoms with Crippen molar-refractivity contribution in [1.82, 2.24) is 4.90 Å². The van der Waals surface area contributed by atoms with E-state index in [1.165, 1.54) is 0 Å². The smallest absolute Gasteiger partial charge is 0.228 e. The lowest BCUT2D eigenvalue weighted by atomic mass is 9.96. The maximum atomic E-state index is 12.8. The van der Waals surface area contributed by atoms with Gasteiger partial charge < -0.3 is 10.1 Å². The first-order valence-electron chi connectivity index (χ1n) is 9.36. The molecular weight excluding hydrogens is 395 g/mol. The van der Waals surface area contributed by atoms with Crippen LogP contribution in [0, 0.1) is 5.92 Å². The topological polar surface area (TPSA) is 41.6 Å². The minimum atomic E-state index is -0.0470. The largest absolute Gasteiger partial charge is 0.489 e. The maximum Gasteiger partial charge on any atom is 0.228 e. The number of carbonyl (C=O) groups excluding carboxylic acids is 1. The average molecular weight is 419 g/mol. The summed E-state index contributed by atoms with van der Waals surface area (Å²) in [4.78, 5) is 15.0. The van der Waals surface area contributed by atoms with Crippen LogP contribution in [-0.2, 0) is 11.3 Å². The van der Waals surface area contributed by atoms with E-state index in [1.807, 2.05) is 42.5 Å². The normalized spacial score (nSPS) is 17.1. The van der Waals surface area contributed by atoms with Gasteiger partial charge in [0.1, 0.15) is 12.4 Å². The first-order valence-corrected chi connectivity index (χ1v) is 10.1. The quantitative estimate of drug-likeness (QED) is 0.611. The van der Waals surface area contributed by atoms with E-state index in [4.69, 9.17) is 27.9 Å². The molecule has 1 atom stereocenters. The Morgan fingerprint density at radius 1 is 1.25 bits per heavy atom. The van der Waals surface area contributed by atoms with Crippen LogP contribution in [0.25, 0.3) is 0 Å². The third-order valence-electron chi connectivity index (χ3n) is 4.74. The van der Waals surface area contributed by atoms with Crippen LogP contribution in [-0.4, -0.2) is 30.5 Å². The molecule has 2 aromatic carbocycles. The number of halogens is 2. The van der Waals surface area contributed by atoms with E-state index in [9.17, 15) is 4.79 Å². The van der Waals surface area contributed by atoms with Gasteiger partial charge in [0.2, 0.25) is 5.91 Å². The molecule has 1 fully saturated rings. The van der Waals surface area contributed by atoms with E-state index in [0.717, 1.165) is 43.7 Å². The lowest BCUT2D eigenvalue weighted by molar-refractivity contribution is -0.121. The Labute approximate surface area is 176 Å². The Hall–Kier alpha value is -2.01. The van der Waals surface area contributed by atoms with E-state index in [0.29, 0.717) is 22.4 Å². The molecular formula is C22H24Cl2N2O2. The van der Waals surface area contributed by atoms with Crippen molar-refractivity contribution < 1.29 is 9.53 Å². The van der Waals surface area contributed by atoms with Crippen molar-refractivity contribution in [3.8, 4) is 5.75 Å². The highest BCUT2D eigenvalue weighted by Gasteiger charge is 2.26. The number of nitrogens with zero attached hydrogens (tertiary/aromatic N) is 1. The van der Waals surface area contributed by atoms with Gasteiger partial charge in [-0.1, -0.05) is 48.0 Å². The van der Waals surface area contributed by atoms with Crippen molar-refractivity contribution in [2.75, 3.05) is 25.0 Å². The molecule has 0 spiro atoms. The molecule has 0 aromatic heterocycles. The predicted molar refractivity (Wildman–Crippen MR) is 115 cm³/mol. The second-order valence-corrected chi connectivity index (χ2v) is 7.75. The SMILES string of the molecule is C=CCOc1cccc(NC(=O)C2CCCN(Cc3ccc(Cl)c(Cl)c3)C2)c1. The summed E-state index contributed by atoms with van der Waals surface area (Å²) in [5.74, 6) is 0.705. The highest BCUT2D eigenvalue weighted by atomic mass is 35.5. The lowest BCUT2D eigenvalue weighted by Crippen LogP contribution is -2.40. The lowest BCUT2D eigenvalue weighted by Gasteiger charge is -2.32. The number of carbonyl (C=O) groups is 1. The Morgan fingerprint density at radius 3 is 2.89 bits per heavy atom. The first-order chi connectivity index (χ1) is 13.5. The second kappa shape index (κ2) is 9.97. The van der Waals surface area contributed by atoms with Crippen LogP contribution in [0.1, 0.15) is 18.4 Å². The van der Waals surface area contributed by atoms with Gasteiger partial charge in [-0.2, -0.15) is 0 Å². The number of nitrogens with one attached hydrogen (secondary N) is 1. The summed E-state index contributed by atoms with van der Waals surface area (Å²) in [5, 5.41) is 4.13. The van der Waals surface area contributed by atoms with E-state index in [1.54, 1.807) is 6.08 Å². The fourth-order valence-corrected chi connectivity index (χ4v) is 3.69. The summed E-state index contributed by atoms with van der Waals surface area (Å²) in [7, 11) is 0. The summed E-state index contributed by atoms with van der Waals surface area (Å²) < 4.78 is 5.53. The Morgan fingerprint density at radius 2 is 2.11 bits per heavy atom. The third-order valence-corrected chi connectivity index (χ3v) is 5.47. The van der Waals surface area contributed by atoms with Crippen LogP contribution in [0.2, 0.25) is 10.0 Å². The molecule has 3 rings (SSSR count). The highest BCUT2D eigenvalue weighted by molar-refractivity contribution is 6.42. The summed E-state index contributed by atoms with van der Waals surface area (Å²) in [6.45, 7) is 6.52. The van der Waals surface area contributed by atoms with Crippen molar-refractivity contribution in [1.29, 1.82) is 0 Å². The van der Waals surface area contributed by atoms with Crippen molar-refractivity contribution in [2.24, 2.45) is 5.92 Å². The third kappa shape index (κ3) is 5.74. The standard InChI is InChI=1S/C22H24Cl2N2O2/c1-2-11-28-19-7-3-6-18(13-19)25-22(27)17-5-4-10-26(15-17)14-16-8-9-20(23)21(24)12-16/h2-3,6-9,12-13,17H,1,4-5,10-11,14-15H2,(H,25,27). The van der Waals surface area contributed by atoms with E-state index < -0.39 is 0 Å². The fourth-order valence-electron chi connectivity index (χ4n) is 3.37. The van der Waals surface area contributed by atoms with Crippen LogP contribution in [0.5, 0.6) is 5.75 Å². The first kappa shape index (κ1) is 20.7. The Kier molecular flexibility index (Phi) is 7.37. The minimum absolute atomic E-state index is 0.0414. The van der Waals surface area contributed by atoms with Gasteiger partial charge in [0.15, 0.2) is 0 Å². The number of hydrogen-bond donors (Lipinski definition) is 1. The molecule has 1 amide bonds. The van der Waals surface area contributed by atoms with Gasteiger partial charge in [0.05, 0.1) is 16.0 Å². The van der Waals surface area contributed by atoms with Gasteiger partial charge in [-0.05, 0) is 49.2 Å². The van der Waals surface area contributed by atoms with Gasteiger partial charge >= 0.3 is 0 Å². The molecule has 1 N–H and O–H groups in total. The van der Waals surface area contributed by atoms with Crippen LogP contribution in [0.15, 0.2) is 55.1 Å². The van der Waals surface area contributed by atoms with Gasteiger partial charge in [0, 0.05) is 24.8 Å². The van der Waals surface area contributed by atoms with Crippen molar-refractivity contribution in [2.45, 2.75) is 19.4 Å². The molecule has 0 saturated carbocycles. The Bertz CT molecular complexity index is 841. The molecule has 148 valence electrons. The molecule has 2 aromatic rings. The molecule has 1 saturated heterocycles. The van der Waals surface area contributed by atoms with Crippen molar-refractivity contribution in [3.63, 3.8) is 0 Å². The predicted octanol–water partition coefficient (Wildman–Crippen LogP) is 5.41. The number of likely N-dealkylation sites (tertiary alicyclic amines) is 1. The zero-order chi connectivity index (χ0) is 19.9. The molecule has 28 heavy (non-hydrogen) atoms. The molecule has 0 bridgehead atoms. The summed E-state index contributed by atoms with van der Waals surface area (Å²) in [6.07, 6.45) is 3.56. The molecule has 4 nitrogen and oxygen atoms in total. The maximum absolute atomic E-state index is 12.8. The molecule has 0 aliphatic carbocycles. The van der Waals surface area contributed by atoms with E-state index in [-0.39, 0.29) is 11.8 Å². The molecule has 1 unspecified atom stereocenters. The number of anilines is 1. The van der Waals surface area contributed by atoms with E-state index in [2.05, 4.69) is 16.8 Å². The second-order valence-electron chi connectivity index (χ2n) is 6.94. The number of hydrogen-bond acceptors (Lipinski definition) is 3. The summed E-state index contributed by atoms with van der Waals surface area (Å²) in [5.41, 5.74) is 1.84. The zero-order valence-electron chi connectivity index (χ0n) is 15.7. The molecule has 1 aliphatic rings. The monoisotopic (exact) mass is 418 g/mol. The number of rotatable bonds is 7. The average Bonchev–Trinajstić information content (AvgIpc) is 2.70. The van der Waals surface area contributed by atoms with Crippen molar-refractivity contribution in [3.05, 3.63) is 70.7 Å². The number of benzene rings is 2. The molecule has 6 heteroatoms. The Balaban J connectivity index is 1.58. The van der Waals surface area contributed by atoms with Crippen LogP contribution in [0.3, 0.4) is 0 Å². The molecule has 1 aliphatic heterocycles. The molecule has 1 heterocycles. The van der Waals surface area contributed by atoms with Gasteiger partial charge in [-0.25, -0.2) is 0 Å². The van der Waals surface area contributed by atoms with Gasteiger partial charge in [0.25, 0.3) is 0 Å². The van der Waals surface area contributed by atoms with Gasteiger partial charge in [-0.3, -0.25) is 9.69 Å². The summed E-state index contributed by atoms with van der Waals surface area (Å²) >= 11 is 12.1. The highest BCUT2D eigenvalue weighted by Crippen LogP contribution is 2.25. The van der Waals surface area contributed by atoms with Crippen LogP contribution >= 0.6 is 23.2 Å². The van der Waals surface area contributed by atoms with Crippen LogP contribution in [0.4, 0.5) is 5.69 Å².